The first-order valence-corrected chi connectivity index (χ1v) is 10.3. The Morgan fingerprint density at radius 2 is 1.50 bits per heavy atom. The number of halogens is 1. The second-order valence-corrected chi connectivity index (χ2v) is 7.83. The smallest absolute Gasteiger partial charge is 0.255 e. The maximum absolute atomic E-state index is 12.7. The van der Waals surface area contributed by atoms with Gasteiger partial charge in [0.15, 0.2) is 0 Å². The second kappa shape index (κ2) is 7.69. The lowest BCUT2D eigenvalue weighted by Gasteiger charge is -2.12. The molecule has 0 atom stereocenters. The van der Waals surface area contributed by atoms with E-state index in [2.05, 4.69) is 38.4 Å². The lowest BCUT2D eigenvalue weighted by atomic mass is 10.1. The van der Waals surface area contributed by atoms with Crippen molar-refractivity contribution in [3.8, 4) is 11.3 Å². The number of nitrogens with zero attached hydrogens (tertiary/aromatic N) is 2. The Bertz CT molecular complexity index is 1400. The zero-order chi connectivity index (χ0) is 20.5. The van der Waals surface area contributed by atoms with E-state index in [0.717, 1.165) is 37.5 Å². The van der Waals surface area contributed by atoms with Crippen LogP contribution in [-0.4, -0.2) is 15.9 Å². The molecule has 0 spiro atoms. The molecule has 0 saturated heterocycles. The topological polar surface area (TPSA) is 54.9 Å². The van der Waals surface area contributed by atoms with Crippen molar-refractivity contribution in [1.29, 1.82) is 0 Å². The average Bonchev–Trinajstić information content (AvgIpc) is 2.79. The van der Waals surface area contributed by atoms with Gasteiger partial charge in [0.25, 0.3) is 5.91 Å². The van der Waals surface area contributed by atoms with E-state index in [-0.39, 0.29) is 5.91 Å². The van der Waals surface area contributed by atoms with Crippen LogP contribution in [0.15, 0.2) is 95.6 Å². The summed E-state index contributed by atoms with van der Waals surface area (Å²) in [6, 6.07) is 27.0. The van der Waals surface area contributed by atoms with E-state index in [1.165, 1.54) is 0 Å². The molecule has 2 heterocycles. The van der Waals surface area contributed by atoms with Crippen LogP contribution in [0.25, 0.3) is 33.1 Å². The van der Waals surface area contributed by atoms with Gasteiger partial charge >= 0.3 is 0 Å². The first-order valence-electron chi connectivity index (χ1n) is 9.50. The van der Waals surface area contributed by atoms with Gasteiger partial charge in [0, 0.05) is 32.6 Å². The zero-order valence-corrected chi connectivity index (χ0v) is 17.4. The summed E-state index contributed by atoms with van der Waals surface area (Å²) in [5.74, 6) is -0.164. The van der Waals surface area contributed by atoms with Crippen LogP contribution in [0.5, 0.6) is 0 Å². The van der Waals surface area contributed by atoms with Crippen molar-refractivity contribution in [3.05, 3.63) is 101 Å². The molecule has 2 aromatic heterocycles. The van der Waals surface area contributed by atoms with Crippen LogP contribution in [0.4, 0.5) is 5.69 Å². The fraction of sp³-hybridized carbons (Fsp3) is 0. The second-order valence-electron chi connectivity index (χ2n) is 6.92. The molecule has 0 aliphatic rings. The number of rotatable bonds is 3. The molecule has 1 amide bonds. The van der Waals surface area contributed by atoms with Gasteiger partial charge in [-0.3, -0.25) is 9.78 Å². The van der Waals surface area contributed by atoms with E-state index < -0.39 is 0 Å². The van der Waals surface area contributed by atoms with E-state index in [0.29, 0.717) is 11.3 Å². The number of amides is 1. The van der Waals surface area contributed by atoms with Gasteiger partial charge in [-0.05, 0) is 42.5 Å². The Morgan fingerprint density at radius 3 is 2.33 bits per heavy atom. The van der Waals surface area contributed by atoms with Gasteiger partial charge in [-0.15, -0.1) is 0 Å². The Kier molecular flexibility index (Phi) is 4.73. The molecule has 0 unspecified atom stereocenters. The normalized spacial score (nSPS) is 11.0. The summed E-state index contributed by atoms with van der Waals surface area (Å²) in [7, 11) is 0. The van der Waals surface area contributed by atoms with Crippen molar-refractivity contribution in [2.45, 2.75) is 0 Å². The fourth-order valence-electron chi connectivity index (χ4n) is 3.48. The summed E-state index contributed by atoms with van der Waals surface area (Å²) in [5, 5.41) is 5.10. The predicted molar refractivity (Wildman–Crippen MR) is 125 cm³/mol. The lowest BCUT2D eigenvalue weighted by Crippen LogP contribution is -2.12. The summed E-state index contributed by atoms with van der Waals surface area (Å²) >= 11 is 3.40. The number of para-hydroxylation sites is 1. The molecule has 3 aromatic carbocycles. The maximum Gasteiger partial charge on any atom is 0.255 e. The largest absolute Gasteiger partial charge is 0.321 e. The quantitative estimate of drug-likeness (QED) is 0.318. The SMILES string of the molecule is O=C(Nc1ccccc1-c1ccc2ccc3cccnc3c2n1)c1ccc(Br)cc1. The van der Waals surface area contributed by atoms with Crippen molar-refractivity contribution in [3.63, 3.8) is 0 Å². The maximum atomic E-state index is 12.7. The molecule has 30 heavy (non-hydrogen) atoms. The zero-order valence-electron chi connectivity index (χ0n) is 15.8. The number of fused-ring (bicyclic) bond motifs is 3. The third-order valence-corrected chi connectivity index (χ3v) is 5.52. The van der Waals surface area contributed by atoms with Crippen molar-refractivity contribution in [2.75, 3.05) is 5.32 Å². The lowest BCUT2D eigenvalue weighted by molar-refractivity contribution is 0.102. The highest BCUT2D eigenvalue weighted by Gasteiger charge is 2.12. The summed E-state index contributed by atoms with van der Waals surface area (Å²) in [4.78, 5) is 22.2. The molecule has 144 valence electrons. The van der Waals surface area contributed by atoms with Crippen LogP contribution < -0.4 is 5.32 Å². The van der Waals surface area contributed by atoms with E-state index in [4.69, 9.17) is 4.98 Å². The highest BCUT2D eigenvalue weighted by molar-refractivity contribution is 9.10. The van der Waals surface area contributed by atoms with Crippen molar-refractivity contribution >= 4 is 49.3 Å². The first kappa shape index (κ1) is 18.5. The highest BCUT2D eigenvalue weighted by Crippen LogP contribution is 2.30. The monoisotopic (exact) mass is 453 g/mol. The van der Waals surface area contributed by atoms with Crippen LogP contribution in [0.2, 0.25) is 0 Å². The molecule has 5 aromatic rings. The first-order chi connectivity index (χ1) is 14.7. The molecule has 0 radical (unpaired) electrons. The molecule has 0 aliphatic heterocycles. The Balaban J connectivity index is 1.58. The number of benzene rings is 3. The van der Waals surface area contributed by atoms with Crippen LogP contribution in [0.3, 0.4) is 0 Å². The van der Waals surface area contributed by atoms with E-state index in [9.17, 15) is 4.79 Å². The van der Waals surface area contributed by atoms with Crippen molar-refractivity contribution in [2.24, 2.45) is 0 Å². The van der Waals surface area contributed by atoms with Crippen LogP contribution >= 0.6 is 15.9 Å². The molecule has 0 aliphatic carbocycles. The summed E-state index contributed by atoms with van der Waals surface area (Å²) in [6.07, 6.45) is 1.78. The minimum absolute atomic E-state index is 0.164. The molecule has 0 saturated carbocycles. The minimum Gasteiger partial charge on any atom is -0.321 e. The molecule has 5 heteroatoms. The standard InChI is InChI=1S/C25H16BrN3O/c26-19-12-9-18(10-13-19)25(30)29-21-6-2-1-5-20(21)22-14-11-17-8-7-16-4-3-15-27-23(16)24(17)28-22/h1-15H,(H,29,30). The summed E-state index contributed by atoms with van der Waals surface area (Å²) in [5.41, 5.74) is 4.66. The van der Waals surface area contributed by atoms with Gasteiger partial charge in [0.1, 0.15) is 0 Å². The number of aromatic nitrogens is 2. The van der Waals surface area contributed by atoms with Gasteiger partial charge < -0.3 is 5.32 Å². The van der Waals surface area contributed by atoms with Crippen LogP contribution in [-0.2, 0) is 0 Å². The number of anilines is 1. The van der Waals surface area contributed by atoms with Gasteiger partial charge in [-0.2, -0.15) is 0 Å². The Hall–Kier alpha value is -3.57. The van der Waals surface area contributed by atoms with Crippen LogP contribution in [0, 0.1) is 0 Å². The van der Waals surface area contributed by atoms with Crippen molar-refractivity contribution < 1.29 is 4.79 Å². The summed E-state index contributed by atoms with van der Waals surface area (Å²) in [6.45, 7) is 0. The van der Waals surface area contributed by atoms with Gasteiger partial charge in [-0.25, -0.2) is 4.98 Å². The van der Waals surface area contributed by atoms with Gasteiger partial charge in [0.05, 0.1) is 22.4 Å². The third-order valence-electron chi connectivity index (χ3n) is 4.99. The molecular formula is C25H16BrN3O. The molecule has 5 rings (SSSR count). The molecule has 1 N–H and O–H groups in total. The summed E-state index contributed by atoms with van der Waals surface area (Å²) < 4.78 is 0.931. The fourth-order valence-corrected chi connectivity index (χ4v) is 3.75. The number of carbonyl (C=O) groups is 1. The van der Waals surface area contributed by atoms with Crippen LogP contribution in [0.1, 0.15) is 10.4 Å². The molecular weight excluding hydrogens is 438 g/mol. The van der Waals surface area contributed by atoms with Gasteiger partial charge in [0.2, 0.25) is 0 Å². The highest BCUT2D eigenvalue weighted by atomic mass is 79.9. The van der Waals surface area contributed by atoms with E-state index in [1.807, 2.05) is 60.7 Å². The number of hydrogen-bond acceptors (Lipinski definition) is 3. The molecule has 4 nitrogen and oxygen atoms in total. The van der Waals surface area contributed by atoms with Crippen molar-refractivity contribution in [1.82, 2.24) is 9.97 Å². The number of hydrogen-bond donors (Lipinski definition) is 1. The van der Waals surface area contributed by atoms with E-state index in [1.54, 1.807) is 18.3 Å². The molecule has 0 bridgehead atoms. The number of nitrogens with one attached hydrogen (secondary N) is 1. The average molecular weight is 454 g/mol. The van der Waals surface area contributed by atoms with Gasteiger partial charge in [-0.1, -0.05) is 58.4 Å². The third kappa shape index (κ3) is 3.44. The Labute approximate surface area is 181 Å². The number of carbonyl (C=O) groups excluding carboxylic acids is 1. The number of pyridine rings is 2. The minimum atomic E-state index is -0.164. The molecule has 0 fully saturated rings. The Morgan fingerprint density at radius 1 is 0.767 bits per heavy atom. The van der Waals surface area contributed by atoms with E-state index >= 15 is 0 Å². The predicted octanol–water partition coefficient (Wildman–Crippen LogP) is 6.46.